The number of nitrogens with zero attached hydrogens (tertiary/aromatic N) is 2. The molecule has 1 amide bonds. The minimum atomic E-state index is -0.889. The number of nitro benzene ring substituents is 1. The summed E-state index contributed by atoms with van der Waals surface area (Å²) >= 11 is 0. The van der Waals surface area contributed by atoms with Crippen LogP contribution in [0, 0.1) is 10.1 Å². The van der Waals surface area contributed by atoms with Crippen molar-refractivity contribution in [2.24, 2.45) is 5.10 Å². The molecule has 1 atom stereocenters. The number of hydrogen-bond acceptors (Lipinski definition) is 8. The second kappa shape index (κ2) is 8.25. The lowest BCUT2D eigenvalue weighted by molar-refractivity contribution is -0.386. The van der Waals surface area contributed by atoms with Crippen LogP contribution in [0.3, 0.4) is 0 Å². The van der Waals surface area contributed by atoms with E-state index in [1.165, 1.54) is 12.3 Å². The summed E-state index contributed by atoms with van der Waals surface area (Å²) in [4.78, 5) is 22.5. The number of benzene rings is 2. The highest BCUT2D eigenvalue weighted by molar-refractivity contribution is 5.86. The lowest BCUT2D eigenvalue weighted by Crippen LogP contribution is -2.42. The molecule has 0 radical (unpaired) electrons. The Balaban J connectivity index is 1.69. The third-order valence-electron chi connectivity index (χ3n) is 3.76. The number of carbonyl (C=O) groups is 1. The first-order chi connectivity index (χ1) is 13.5. The number of ether oxygens (including phenoxy) is 3. The average Bonchev–Trinajstić information content (AvgIpc) is 2.69. The Morgan fingerprint density at radius 2 is 2.18 bits per heavy atom. The van der Waals surface area contributed by atoms with Gasteiger partial charge in [0.2, 0.25) is 11.9 Å². The van der Waals surface area contributed by atoms with Gasteiger partial charge in [-0.25, -0.2) is 5.43 Å². The number of para-hydroxylation sites is 2. The standard InChI is InChI=1S/C18H17N3O7/c1-2-26-15-8-11(7-12(17(15)22)21(24)25)9-19-20-18(23)16-10-27-13-5-3-4-6-14(13)28-16/h3-9,16,22H,2,10H2,1H3,(H,20,23)/b19-9+/t16-/m0/s1. The molecule has 2 aromatic carbocycles. The molecule has 0 bridgehead atoms. The van der Waals surface area contributed by atoms with Crippen LogP contribution < -0.4 is 19.6 Å². The number of phenolic OH excluding ortho intramolecular Hbond substituents is 1. The van der Waals surface area contributed by atoms with Gasteiger partial charge in [-0.3, -0.25) is 14.9 Å². The molecule has 0 spiro atoms. The van der Waals surface area contributed by atoms with Crippen LogP contribution in [0.2, 0.25) is 0 Å². The van der Waals surface area contributed by atoms with E-state index >= 15 is 0 Å². The molecule has 0 aromatic heterocycles. The number of amides is 1. The van der Waals surface area contributed by atoms with Crippen LogP contribution in [0.15, 0.2) is 41.5 Å². The first-order valence-corrected chi connectivity index (χ1v) is 8.35. The van der Waals surface area contributed by atoms with Gasteiger partial charge in [-0.15, -0.1) is 0 Å². The zero-order valence-corrected chi connectivity index (χ0v) is 14.8. The van der Waals surface area contributed by atoms with E-state index < -0.39 is 28.4 Å². The molecule has 3 rings (SSSR count). The predicted molar refractivity (Wildman–Crippen MR) is 98.0 cm³/mol. The van der Waals surface area contributed by atoms with Crippen molar-refractivity contribution in [1.29, 1.82) is 0 Å². The highest BCUT2D eigenvalue weighted by Crippen LogP contribution is 2.36. The zero-order chi connectivity index (χ0) is 20.1. The van der Waals surface area contributed by atoms with Crippen molar-refractivity contribution in [2.75, 3.05) is 13.2 Å². The monoisotopic (exact) mass is 387 g/mol. The SMILES string of the molecule is CCOc1cc(/C=N/NC(=O)[C@@H]2COc3ccccc3O2)cc([N+](=O)[O-])c1O. The average molecular weight is 387 g/mol. The van der Waals surface area contributed by atoms with E-state index in [1.54, 1.807) is 31.2 Å². The van der Waals surface area contributed by atoms with Crippen molar-refractivity contribution in [3.8, 4) is 23.0 Å². The number of hydrazone groups is 1. The zero-order valence-electron chi connectivity index (χ0n) is 14.8. The Morgan fingerprint density at radius 3 is 2.89 bits per heavy atom. The molecule has 146 valence electrons. The number of aromatic hydroxyl groups is 1. The lowest BCUT2D eigenvalue weighted by Gasteiger charge is -2.24. The van der Waals surface area contributed by atoms with E-state index in [1.807, 2.05) is 0 Å². The molecule has 0 saturated heterocycles. The maximum absolute atomic E-state index is 12.2. The second-order valence-electron chi connectivity index (χ2n) is 5.68. The minimum Gasteiger partial charge on any atom is -0.500 e. The number of rotatable bonds is 6. The van der Waals surface area contributed by atoms with Gasteiger partial charge in [-0.2, -0.15) is 5.10 Å². The van der Waals surface area contributed by atoms with Crippen molar-refractivity contribution in [1.82, 2.24) is 5.43 Å². The van der Waals surface area contributed by atoms with Crippen molar-refractivity contribution >= 4 is 17.8 Å². The van der Waals surface area contributed by atoms with Gasteiger partial charge in [-0.1, -0.05) is 12.1 Å². The fourth-order valence-corrected chi connectivity index (χ4v) is 2.48. The third kappa shape index (κ3) is 4.11. The summed E-state index contributed by atoms with van der Waals surface area (Å²) in [6.45, 7) is 1.91. The van der Waals surface area contributed by atoms with E-state index in [0.29, 0.717) is 11.5 Å². The van der Waals surface area contributed by atoms with Crippen LogP contribution >= 0.6 is 0 Å². The molecule has 0 unspecified atom stereocenters. The van der Waals surface area contributed by atoms with Gasteiger partial charge in [0.15, 0.2) is 17.2 Å². The topological polar surface area (TPSA) is 133 Å². The number of nitrogens with one attached hydrogen (secondary N) is 1. The molecule has 0 aliphatic carbocycles. The summed E-state index contributed by atoms with van der Waals surface area (Å²) in [6.07, 6.45) is 0.310. The van der Waals surface area contributed by atoms with Gasteiger partial charge in [0.25, 0.3) is 5.91 Å². The molecule has 10 nitrogen and oxygen atoms in total. The van der Waals surface area contributed by atoms with E-state index in [9.17, 15) is 20.0 Å². The Hall–Kier alpha value is -3.82. The van der Waals surface area contributed by atoms with Gasteiger partial charge < -0.3 is 19.3 Å². The van der Waals surface area contributed by atoms with Gasteiger partial charge >= 0.3 is 5.69 Å². The van der Waals surface area contributed by atoms with Gasteiger partial charge in [0.05, 0.1) is 17.7 Å². The summed E-state index contributed by atoms with van der Waals surface area (Å²) in [5.41, 5.74) is 2.03. The molecule has 1 aliphatic rings. The summed E-state index contributed by atoms with van der Waals surface area (Å²) in [5.74, 6) is -0.156. The third-order valence-corrected chi connectivity index (χ3v) is 3.76. The summed E-state index contributed by atoms with van der Waals surface area (Å²) in [6, 6.07) is 9.45. The smallest absolute Gasteiger partial charge is 0.315 e. The number of phenols is 1. The van der Waals surface area contributed by atoms with Crippen LogP contribution in [0.5, 0.6) is 23.0 Å². The van der Waals surface area contributed by atoms with Crippen molar-refractivity contribution in [2.45, 2.75) is 13.0 Å². The summed E-state index contributed by atoms with van der Waals surface area (Å²) < 4.78 is 16.2. The Bertz CT molecular complexity index is 929. The van der Waals surface area contributed by atoms with E-state index in [4.69, 9.17) is 14.2 Å². The lowest BCUT2D eigenvalue weighted by atomic mass is 10.2. The fourth-order valence-electron chi connectivity index (χ4n) is 2.48. The Morgan fingerprint density at radius 1 is 1.43 bits per heavy atom. The molecular weight excluding hydrogens is 370 g/mol. The fraction of sp³-hybridized carbons (Fsp3) is 0.222. The predicted octanol–water partition coefficient (Wildman–Crippen LogP) is 1.99. The van der Waals surface area contributed by atoms with Crippen LogP contribution in [0.25, 0.3) is 0 Å². The maximum atomic E-state index is 12.2. The molecule has 2 aromatic rings. The first kappa shape index (κ1) is 19.0. The van der Waals surface area contributed by atoms with Crippen molar-refractivity contribution in [3.05, 3.63) is 52.1 Å². The van der Waals surface area contributed by atoms with E-state index in [2.05, 4.69) is 10.5 Å². The summed E-state index contributed by atoms with van der Waals surface area (Å²) in [5, 5.41) is 24.7. The highest BCUT2D eigenvalue weighted by atomic mass is 16.6. The molecule has 0 fully saturated rings. The van der Waals surface area contributed by atoms with Gasteiger partial charge in [0.1, 0.15) is 6.61 Å². The van der Waals surface area contributed by atoms with Crippen LogP contribution in [-0.4, -0.2) is 41.5 Å². The van der Waals surface area contributed by atoms with Crippen molar-refractivity contribution < 1.29 is 29.0 Å². The van der Waals surface area contributed by atoms with Crippen LogP contribution in [0.1, 0.15) is 12.5 Å². The molecule has 1 heterocycles. The molecule has 0 saturated carbocycles. The number of hydrogen-bond donors (Lipinski definition) is 2. The van der Waals surface area contributed by atoms with Gasteiger partial charge in [-0.05, 0) is 25.1 Å². The number of nitro groups is 1. The Kier molecular flexibility index (Phi) is 5.58. The van der Waals surface area contributed by atoms with Crippen LogP contribution in [0.4, 0.5) is 5.69 Å². The maximum Gasteiger partial charge on any atom is 0.315 e. The minimum absolute atomic E-state index is 0.0253. The Labute approximate surface area is 159 Å². The molecular formula is C18H17N3O7. The molecule has 1 aliphatic heterocycles. The normalized spacial score (nSPS) is 15.2. The van der Waals surface area contributed by atoms with Gasteiger partial charge in [0, 0.05) is 11.6 Å². The first-order valence-electron chi connectivity index (χ1n) is 8.35. The quantitative estimate of drug-likeness (QED) is 0.440. The van der Waals surface area contributed by atoms with E-state index in [-0.39, 0.29) is 24.5 Å². The molecule has 28 heavy (non-hydrogen) atoms. The number of carbonyl (C=O) groups excluding carboxylic acids is 1. The molecule has 2 N–H and O–H groups in total. The van der Waals surface area contributed by atoms with E-state index in [0.717, 1.165) is 6.07 Å². The van der Waals surface area contributed by atoms with Crippen molar-refractivity contribution in [3.63, 3.8) is 0 Å². The number of fused-ring (bicyclic) bond motifs is 1. The summed E-state index contributed by atoms with van der Waals surface area (Å²) in [7, 11) is 0. The largest absolute Gasteiger partial charge is 0.500 e. The highest BCUT2D eigenvalue weighted by Gasteiger charge is 2.27. The molecule has 10 heteroatoms. The second-order valence-corrected chi connectivity index (χ2v) is 5.68. The van der Waals surface area contributed by atoms with Crippen LogP contribution in [-0.2, 0) is 4.79 Å².